The van der Waals surface area contributed by atoms with Crippen molar-refractivity contribution in [2.75, 3.05) is 6.54 Å². The van der Waals surface area contributed by atoms with E-state index in [1.165, 1.54) is 6.07 Å². The van der Waals surface area contributed by atoms with Crippen molar-refractivity contribution in [3.8, 4) is 0 Å². The Morgan fingerprint density at radius 1 is 1.47 bits per heavy atom. The molecule has 2 nitrogen and oxygen atoms in total. The van der Waals surface area contributed by atoms with Crippen LogP contribution in [0.3, 0.4) is 0 Å². The van der Waals surface area contributed by atoms with Gasteiger partial charge in [-0.1, -0.05) is 19.1 Å². The van der Waals surface area contributed by atoms with Crippen LogP contribution in [0.25, 0.3) is 0 Å². The molecule has 0 radical (unpaired) electrons. The molecule has 1 aromatic carbocycles. The third-order valence-corrected chi connectivity index (χ3v) is 3.46. The Hall–Kier alpha value is -1.26. The Bertz CT molecular complexity index is 482. The lowest BCUT2D eigenvalue weighted by Crippen LogP contribution is -2.21. The second kappa shape index (κ2) is 5.38. The summed E-state index contributed by atoms with van der Waals surface area (Å²) in [7, 11) is 0. The zero-order chi connectivity index (χ0) is 12.3. The number of nitrogens with one attached hydrogen (secondary N) is 1. The maximum absolute atomic E-state index is 13.3. The minimum absolute atomic E-state index is 0.0549. The molecule has 2 rings (SSSR count). The van der Waals surface area contributed by atoms with Crippen LogP contribution in [-0.4, -0.2) is 11.5 Å². The van der Waals surface area contributed by atoms with E-state index in [0.29, 0.717) is 5.56 Å². The maximum atomic E-state index is 13.3. The van der Waals surface area contributed by atoms with E-state index in [4.69, 9.17) is 0 Å². The van der Waals surface area contributed by atoms with Crippen molar-refractivity contribution in [1.82, 2.24) is 10.3 Å². The maximum Gasteiger partial charge on any atom is 0.126 e. The molecule has 0 fully saturated rings. The molecule has 90 valence electrons. The molecular formula is C13H15FN2S. The van der Waals surface area contributed by atoms with E-state index in [2.05, 4.69) is 17.2 Å². The van der Waals surface area contributed by atoms with Crippen LogP contribution in [0, 0.1) is 12.7 Å². The summed E-state index contributed by atoms with van der Waals surface area (Å²) < 4.78 is 13.3. The zero-order valence-electron chi connectivity index (χ0n) is 9.90. The monoisotopic (exact) mass is 250 g/mol. The Kier molecular flexibility index (Phi) is 3.86. The van der Waals surface area contributed by atoms with Gasteiger partial charge in [0.25, 0.3) is 0 Å². The molecule has 1 aromatic heterocycles. The number of rotatable bonds is 4. The number of aryl methyl sites for hydroxylation is 1. The average molecular weight is 250 g/mol. The number of thiazole rings is 1. The van der Waals surface area contributed by atoms with Gasteiger partial charge in [-0.25, -0.2) is 9.37 Å². The normalized spacial score (nSPS) is 12.6. The quantitative estimate of drug-likeness (QED) is 0.900. The lowest BCUT2D eigenvalue weighted by Gasteiger charge is -2.16. The molecule has 1 atom stereocenters. The van der Waals surface area contributed by atoms with Crippen LogP contribution in [0.4, 0.5) is 4.39 Å². The van der Waals surface area contributed by atoms with Crippen molar-refractivity contribution in [1.29, 1.82) is 0 Å². The molecule has 0 aliphatic carbocycles. The first-order valence-corrected chi connectivity index (χ1v) is 6.49. The average Bonchev–Trinajstić information content (AvgIpc) is 2.83. The van der Waals surface area contributed by atoms with Crippen LogP contribution in [0.1, 0.15) is 29.1 Å². The summed E-state index contributed by atoms with van der Waals surface area (Å²) in [6.45, 7) is 4.68. The highest BCUT2D eigenvalue weighted by Crippen LogP contribution is 2.25. The van der Waals surface area contributed by atoms with E-state index in [1.807, 2.05) is 17.5 Å². The molecule has 2 aromatic rings. The molecule has 0 saturated heterocycles. The van der Waals surface area contributed by atoms with Crippen molar-refractivity contribution in [2.24, 2.45) is 0 Å². The largest absolute Gasteiger partial charge is 0.305 e. The van der Waals surface area contributed by atoms with Gasteiger partial charge >= 0.3 is 0 Å². The van der Waals surface area contributed by atoms with Crippen LogP contribution in [0.15, 0.2) is 29.8 Å². The molecule has 0 bridgehead atoms. The summed E-state index contributed by atoms with van der Waals surface area (Å²) in [6.07, 6.45) is 1.79. The predicted octanol–water partition coefficient (Wildman–Crippen LogP) is 3.29. The van der Waals surface area contributed by atoms with E-state index >= 15 is 0 Å². The van der Waals surface area contributed by atoms with Gasteiger partial charge in [-0.2, -0.15) is 0 Å². The van der Waals surface area contributed by atoms with Gasteiger partial charge < -0.3 is 5.32 Å². The SMILES string of the molecule is CCNC(c1ccc(F)c(C)c1)c1nccs1. The second-order valence-corrected chi connectivity index (χ2v) is 4.80. The molecule has 0 spiro atoms. The van der Waals surface area contributed by atoms with E-state index in [-0.39, 0.29) is 11.9 Å². The van der Waals surface area contributed by atoms with Crippen molar-refractivity contribution in [2.45, 2.75) is 19.9 Å². The van der Waals surface area contributed by atoms with Crippen LogP contribution in [-0.2, 0) is 0 Å². The summed E-state index contributed by atoms with van der Waals surface area (Å²) in [4.78, 5) is 4.33. The molecule has 4 heteroatoms. The van der Waals surface area contributed by atoms with Crippen LogP contribution < -0.4 is 5.32 Å². The highest BCUT2D eigenvalue weighted by Gasteiger charge is 2.16. The molecule has 1 N–H and O–H groups in total. The number of nitrogens with zero attached hydrogens (tertiary/aromatic N) is 1. The minimum atomic E-state index is -0.164. The van der Waals surface area contributed by atoms with Gasteiger partial charge in [0.2, 0.25) is 0 Å². The molecule has 0 aliphatic heterocycles. The van der Waals surface area contributed by atoms with Gasteiger partial charge in [-0.05, 0) is 30.7 Å². The van der Waals surface area contributed by atoms with Crippen LogP contribution in [0.5, 0.6) is 0 Å². The van der Waals surface area contributed by atoms with E-state index in [1.54, 1.807) is 24.5 Å². The summed E-state index contributed by atoms with van der Waals surface area (Å²) >= 11 is 1.61. The number of benzene rings is 1. The first-order valence-electron chi connectivity index (χ1n) is 5.61. The summed E-state index contributed by atoms with van der Waals surface area (Å²) in [5, 5.41) is 6.34. The molecular weight excluding hydrogens is 235 g/mol. The second-order valence-electron chi connectivity index (χ2n) is 3.87. The number of hydrogen-bond donors (Lipinski definition) is 1. The molecule has 0 saturated carbocycles. The van der Waals surface area contributed by atoms with Crippen LogP contribution >= 0.6 is 11.3 Å². The molecule has 1 heterocycles. The van der Waals surface area contributed by atoms with Gasteiger partial charge in [0, 0.05) is 11.6 Å². The Labute approximate surface area is 105 Å². The van der Waals surface area contributed by atoms with Gasteiger partial charge in [0.1, 0.15) is 10.8 Å². The van der Waals surface area contributed by atoms with E-state index in [9.17, 15) is 4.39 Å². The Morgan fingerprint density at radius 2 is 2.29 bits per heavy atom. The summed E-state index contributed by atoms with van der Waals surface area (Å²) in [5.41, 5.74) is 1.72. The fourth-order valence-corrected chi connectivity index (χ4v) is 2.51. The topological polar surface area (TPSA) is 24.9 Å². The lowest BCUT2D eigenvalue weighted by molar-refractivity contribution is 0.605. The lowest BCUT2D eigenvalue weighted by atomic mass is 10.0. The van der Waals surface area contributed by atoms with Gasteiger partial charge in [-0.3, -0.25) is 0 Å². The van der Waals surface area contributed by atoms with Gasteiger partial charge in [-0.15, -0.1) is 11.3 Å². The van der Waals surface area contributed by atoms with Crippen molar-refractivity contribution >= 4 is 11.3 Å². The minimum Gasteiger partial charge on any atom is -0.305 e. The van der Waals surface area contributed by atoms with Gasteiger partial charge in [0.15, 0.2) is 0 Å². The molecule has 17 heavy (non-hydrogen) atoms. The number of hydrogen-bond acceptors (Lipinski definition) is 3. The molecule has 1 unspecified atom stereocenters. The van der Waals surface area contributed by atoms with Gasteiger partial charge in [0.05, 0.1) is 6.04 Å². The third-order valence-electron chi connectivity index (χ3n) is 2.62. The highest BCUT2D eigenvalue weighted by molar-refractivity contribution is 7.09. The third kappa shape index (κ3) is 2.70. The van der Waals surface area contributed by atoms with E-state index in [0.717, 1.165) is 17.1 Å². The highest BCUT2D eigenvalue weighted by atomic mass is 32.1. The predicted molar refractivity (Wildman–Crippen MR) is 68.8 cm³/mol. The zero-order valence-corrected chi connectivity index (χ0v) is 10.7. The number of aromatic nitrogens is 1. The van der Waals surface area contributed by atoms with Crippen molar-refractivity contribution < 1.29 is 4.39 Å². The first kappa shape index (κ1) is 12.2. The number of halogens is 1. The fraction of sp³-hybridized carbons (Fsp3) is 0.308. The first-order chi connectivity index (χ1) is 8.22. The fourth-order valence-electron chi connectivity index (χ4n) is 1.78. The molecule has 0 amide bonds. The summed E-state index contributed by atoms with van der Waals surface area (Å²) in [6, 6.07) is 5.27. The van der Waals surface area contributed by atoms with Crippen molar-refractivity contribution in [3.05, 3.63) is 51.7 Å². The summed E-state index contributed by atoms with van der Waals surface area (Å²) in [5.74, 6) is -0.164. The van der Waals surface area contributed by atoms with Crippen LogP contribution in [0.2, 0.25) is 0 Å². The molecule has 0 aliphatic rings. The smallest absolute Gasteiger partial charge is 0.126 e. The Morgan fingerprint density at radius 3 is 2.88 bits per heavy atom. The standard InChI is InChI=1S/C13H15FN2S/c1-3-15-12(13-16-6-7-17-13)10-4-5-11(14)9(2)8-10/h4-8,12,15H,3H2,1-2H3. The Balaban J connectivity index is 2.35. The van der Waals surface area contributed by atoms with Crippen molar-refractivity contribution in [3.63, 3.8) is 0 Å². The van der Waals surface area contributed by atoms with E-state index < -0.39 is 0 Å².